The number of aliphatic carboxylic acids is 1. The molecule has 1 saturated heterocycles. The fourth-order valence-electron chi connectivity index (χ4n) is 3.55. The Hall–Kier alpha value is -2.70. The zero-order valence-corrected chi connectivity index (χ0v) is 16.5. The number of rotatable bonds is 7. The maximum Gasteiger partial charge on any atom is 0.323 e. The predicted molar refractivity (Wildman–Crippen MR) is 104 cm³/mol. The molecule has 1 N–H and O–H groups in total. The molecule has 0 aliphatic carbocycles. The van der Waals surface area contributed by atoms with Gasteiger partial charge in [0.05, 0.1) is 0 Å². The van der Waals surface area contributed by atoms with E-state index in [1.165, 1.54) is 11.8 Å². The van der Waals surface area contributed by atoms with Crippen LogP contribution in [0.15, 0.2) is 24.3 Å². The first-order valence-electron chi connectivity index (χ1n) is 9.64. The monoisotopic (exact) mass is 388 g/mol. The lowest BCUT2D eigenvalue weighted by Crippen LogP contribution is -2.43. The molecule has 2 rings (SSSR count). The average molecular weight is 388 g/mol. The first-order valence-corrected chi connectivity index (χ1v) is 9.64. The Labute approximate surface area is 165 Å². The predicted octanol–water partition coefficient (Wildman–Crippen LogP) is 2.27. The average Bonchev–Trinajstić information content (AvgIpc) is 2.90. The number of nitrogens with zero attached hydrogens (tertiary/aromatic N) is 2. The molecule has 0 saturated carbocycles. The molecule has 7 heteroatoms. The highest BCUT2D eigenvalue weighted by Crippen LogP contribution is 2.18. The van der Waals surface area contributed by atoms with Crippen molar-refractivity contribution >= 4 is 23.6 Å². The molecule has 1 aromatic carbocycles. The Bertz CT molecular complexity index is 729. The molecule has 2 amide bonds. The fourth-order valence-corrected chi connectivity index (χ4v) is 3.55. The van der Waals surface area contributed by atoms with Crippen molar-refractivity contribution < 1.29 is 24.3 Å². The Balaban J connectivity index is 1.87. The molecule has 1 aliphatic rings. The molecule has 1 unspecified atom stereocenters. The van der Waals surface area contributed by atoms with Gasteiger partial charge in [0.1, 0.15) is 6.54 Å². The van der Waals surface area contributed by atoms with E-state index in [0.29, 0.717) is 37.9 Å². The molecule has 28 heavy (non-hydrogen) atoms. The molecule has 1 atom stereocenters. The van der Waals surface area contributed by atoms with Crippen LogP contribution in [0.4, 0.5) is 0 Å². The van der Waals surface area contributed by atoms with E-state index >= 15 is 0 Å². The number of carboxylic acid groups (broad SMARTS) is 1. The van der Waals surface area contributed by atoms with Crippen molar-refractivity contribution in [3.63, 3.8) is 0 Å². The van der Waals surface area contributed by atoms with Crippen LogP contribution in [-0.4, -0.2) is 64.1 Å². The lowest BCUT2D eigenvalue weighted by molar-refractivity contribution is -0.145. The minimum absolute atomic E-state index is 0.0507. The number of benzene rings is 1. The molecule has 1 aliphatic heterocycles. The van der Waals surface area contributed by atoms with Crippen molar-refractivity contribution in [1.82, 2.24) is 9.80 Å². The second-order valence-corrected chi connectivity index (χ2v) is 7.30. The fraction of sp³-hybridized carbons (Fsp3) is 0.524. The summed E-state index contributed by atoms with van der Waals surface area (Å²) < 4.78 is 0. The zero-order valence-electron chi connectivity index (χ0n) is 16.5. The maximum absolute atomic E-state index is 12.5. The van der Waals surface area contributed by atoms with Crippen LogP contribution in [0, 0.1) is 6.92 Å². The van der Waals surface area contributed by atoms with E-state index < -0.39 is 5.97 Å². The number of likely N-dealkylation sites (tertiary alicyclic amines) is 1. The van der Waals surface area contributed by atoms with Crippen molar-refractivity contribution in [1.29, 1.82) is 0 Å². The highest BCUT2D eigenvalue weighted by atomic mass is 16.4. The molecule has 1 aromatic rings. The number of Topliss-reactive ketones (excluding diaryl/α,β-unsaturated/α-hetero) is 1. The zero-order chi connectivity index (χ0) is 20.7. The van der Waals surface area contributed by atoms with Gasteiger partial charge in [0.15, 0.2) is 5.78 Å². The third-order valence-corrected chi connectivity index (χ3v) is 5.14. The maximum atomic E-state index is 12.5. The number of carboxylic acids is 1. The summed E-state index contributed by atoms with van der Waals surface area (Å²) in [5.74, 6) is -1.43. The van der Waals surface area contributed by atoms with Gasteiger partial charge in [0.25, 0.3) is 0 Å². The topological polar surface area (TPSA) is 95.0 Å². The molecule has 1 heterocycles. The van der Waals surface area contributed by atoms with Crippen molar-refractivity contribution in [3.05, 3.63) is 35.4 Å². The summed E-state index contributed by atoms with van der Waals surface area (Å²) in [5, 5.41) is 9.01. The quantitative estimate of drug-likeness (QED) is 0.723. The molecule has 0 aromatic heterocycles. The smallest absolute Gasteiger partial charge is 0.323 e. The largest absolute Gasteiger partial charge is 0.480 e. The molecule has 0 spiro atoms. The van der Waals surface area contributed by atoms with E-state index in [1.807, 2.05) is 19.1 Å². The Morgan fingerprint density at radius 1 is 1.07 bits per heavy atom. The number of ketones is 1. The SMILES string of the molecule is CC(=O)N(CC(=O)O)C1CCCN(C(=O)CCC(=O)c2ccc(C)cc2)CC1. The van der Waals surface area contributed by atoms with Gasteiger partial charge in [-0.05, 0) is 26.2 Å². The van der Waals surface area contributed by atoms with Crippen molar-refractivity contribution in [2.75, 3.05) is 19.6 Å². The van der Waals surface area contributed by atoms with Crippen molar-refractivity contribution in [3.8, 4) is 0 Å². The van der Waals surface area contributed by atoms with Gasteiger partial charge in [-0.15, -0.1) is 0 Å². The normalized spacial score (nSPS) is 16.9. The van der Waals surface area contributed by atoms with Gasteiger partial charge in [-0.2, -0.15) is 0 Å². The first-order chi connectivity index (χ1) is 13.3. The van der Waals surface area contributed by atoms with Crippen LogP contribution in [0.25, 0.3) is 0 Å². The van der Waals surface area contributed by atoms with Crippen LogP contribution in [0.5, 0.6) is 0 Å². The van der Waals surface area contributed by atoms with E-state index in [9.17, 15) is 19.2 Å². The van der Waals surface area contributed by atoms with Crippen molar-refractivity contribution in [2.45, 2.75) is 52.0 Å². The second-order valence-electron chi connectivity index (χ2n) is 7.30. The highest BCUT2D eigenvalue weighted by Gasteiger charge is 2.27. The van der Waals surface area contributed by atoms with Crippen LogP contribution in [0.2, 0.25) is 0 Å². The van der Waals surface area contributed by atoms with E-state index in [4.69, 9.17) is 5.11 Å². The Morgan fingerprint density at radius 2 is 1.75 bits per heavy atom. The summed E-state index contributed by atoms with van der Waals surface area (Å²) in [7, 11) is 0. The summed E-state index contributed by atoms with van der Waals surface area (Å²) >= 11 is 0. The van der Waals surface area contributed by atoms with Crippen LogP contribution >= 0.6 is 0 Å². The molecule has 0 bridgehead atoms. The number of hydrogen-bond donors (Lipinski definition) is 1. The Kier molecular flexibility index (Phi) is 7.72. The third kappa shape index (κ3) is 6.18. The van der Waals surface area contributed by atoms with E-state index in [-0.39, 0.29) is 43.0 Å². The highest BCUT2D eigenvalue weighted by molar-refractivity contribution is 5.98. The van der Waals surface area contributed by atoms with Gasteiger partial charge in [-0.25, -0.2) is 0 Å². The lowest BCUT2D eigenvalue weighted by Gasteiger charge is -2.28. The summed E-state index contributed by atoms with van der Waals surface area (Å²) in [5.41, 5.74) is 1.69. The first kappa shape index (κ1) is 21.6. The van der Waals surface area contributed by atoms with E-state index in [2.05, 4.69) is 0 Å². The van der Waals surface area contributed by atoms with Crippen LogP contribution < -0.4 is 0 Å². The summed E-state index contributed by atoms with van der Waals surface area (Å²) in [6.45, 7) is 4.03. The minimum Gasteiger partial charge on any atom is -0.480 e. The molecule has 1 fully saturated rings. The number of carbonyl (C=O) groups is 4. The number of aryl methyl sites for hydroxylation is 1. The van der Waals surface area contributed by atoms with Crippen LogP contribution in [0.3, 0.4) is 0 Å². The number of amides is 2. The van der Waals surface area contributed by atoms with Gasteiger partial charge in [-0.1, -0.05) is 29.8 Å². The summed E-state index contributed by atoms with van der Waals surface area (Å²) in [6, 6.07) is 7.12. The van der Waals surface area contributed by atoms with Gasteiger partial charge < -0.3 is 14.9 Å². The lowest BCUT2D eigenvalue weighted by atomic mass is 10.0. The number of carbonyl (C=O) groups excluding carboxylic acids is 3. The van der Waals surface area contributed by atoms with Crippen LogP contribution in [0.1, 0.15) is 54.9 Å². The van der Waals surface area contributed by atoms with Gasteiger partial charge >= 0.3 is 5.97 Å². The molecular formula is C21H28N2O5. The standard InChI is InChI=1S/C21H28N2O5/c1-15-5-7-17(8-6-15)19(25)9-10-20(26)22-12-3-4-18(11-13-22)23(16(2)24)14-21(27)28/h5-8,18H,3-4,9-14H2,1-2H3,(H,27,28). The summed E-state index contributed by atoms with van der Waals surface area (Å²) in [6.07, 6.45) is 2.23. The molecule has 152 valence electrons. The third-order valence-electron chi connectivity index (χ3n) is 5.14. The second kappa shape index (κ2) is 10.0. The van der Waals surface area contributed by atoms with E-state index in [1.54, 1.807) is 17.0 Å². The van der Waals surface area contributed by atoms with Crippen molar-refractivity contribution in [2.24, 2.45) is 0 Å². The molecular weight excluding hydrogens is 360 g/mol. The van der Waals surface area contributed by atoms with Gasteiger partial charge in [-0.3, -0.25) is 19.2 Å². The molecule has 0 radical (unpaired) electrons. The van der Waals surface area contributed by atoms with Crippen LogP contribution in [-0.2, 0) is 14.4 Å². The minimum atomic E-state index is -1.04. The summed E-state index contributed by atoms with van der Waals surface area (Å²) in [4.78, 5) is 50.7. The van der Waals surface area contributed by atoms with E-state index in [0.717, 1.165) is 5.56 Å². The molecule has 7 nitrogen and oxygen atoms in total. The van der Waals surface area contributed by atoms with Gasteiger partial charge in [0.2, 0.25) is 11.8 Å². The Morgan fingerprint density at radius 3 is 2.36 bits per heavy atom. The van der Waals surface area contributed by atoms with Gasteiger partial charge in [0, 0.05) is 44.5 Å². The number of hydrogen-bond acceptors (Lipinski definition) is 4.